The van der Waals surface area contributed by atoms with Gasteiger partial charge in [-0.25, -0.2) is 9.37 Å². The topological polar surface area (TPSA) is 125 Å². The molecular formula is C22H19FN6O3. The van der Waals surface area contributed by atoms with E-state index in [4.69, 9.17) is 5.73 Å². The molecule has 3 N–H and O–H groups in total. The Hall–Kier alpha value is -4.34. The van der Waals surface area contributed by atoms with Gasteiger partial charge < -0.3 is 11.1 Å². The number of amides is 2. The zero-order valence-electron chi connectivity index (χ0n) is 17.0. The standard InChI is InChI=1S/C22H19FN6O3/c1-28-11-15(21(27-28)29-12-25-16-10-14(23)7-8-18(16)29)22(32)26-17(19(30)20(24)31)9-13-5-3-2-4-6-13/h2-8,10-12,17H,9H2,1H3,(H2,24,31)(H,26,32). The number of nitrogens with one attached hydrogen (secondary N) is 1. The summed E-state index contributed by atoms with van der Waals surface area (Å²) in [5.74, 6) is -2.86. The van der Waals surface area contributed by atoms with Crippen LogP contribution < -0.4 is 11.1 Å². The molecule has 32 heavy (non-hydrogen) atoms. The first kappa shape index (κ1) is 20.9. The molecule has 1 atom stereocenters. The number of aromatic nitrogens is 4. The minimum absolute atomic E-state index is 0.0945. The van der Waals surface area contributed by atoms with Crippen LogP contribution in [0, 0.1) is 5.82 Å². The van der Waals surface area contributed by atoms with E-state index in [0.29, 0.717) is 11.0 Å². The van der Waals surface area contributed by atoms with Crippen molar-refractivity contribution in [2.45, 2.75) is 12.5 Å². The summed E-state index contributed by atoms with van der Waals surface area (Å²) in [5, 5.41) is 6.93. The van der Waals surface area contributed by atoms with Crippen LogP contribution in [0.2, 0.25) is 0 Å². The van der Waals surface area contributed by atoms with E-state index < -0.39 is 29.5 Å². The van der Waals surface area contributed by atoms with Gasteiger partial charge in [0.2, 0.25) is 5.78 Å². The molecule has 0 saturated heterocycles. The summed E-state index contributed by atoms with van der Waals surface area (Å²) in [5.41, 5.74) is 7.03. The maximum atomic E-state index is 13.5. The van der Waals surface area contributed by atoms with Crippen molar-refractivity contribution < 1.29 is 18.8 Å². The highest BCUT2D eigenvalue weighted by Gasteiger charge is 2.28. The van der Waals surface area contributed by atoms with Crippen LogP contribution in [0.3, 0.4) is 0 Å². The molecule has 0 aliphatic heterocycles. The van der Waals surface area contributed by atoms with Crippen molar-refractivity contribution in [1.82, 2.24) is 24.6 Å². The lowest BCUT2D eigenvalue weighted by Gasteiger charge is -2.16. The third-order valence-corrected chi connectivity index (χ3v) is 4.94. The Morgan fingerprint density at radius 3 is 2.62 bits per heavy atom. The number of Topliss-reactive ketones (excluding diaryl/α,β-unsaturated/α-hetero) is 1. The van der Waals surface area contributed by atoms with E-state index in [1.165, 1.54) is 35.4 Å². The van der Waals surface area contributed by atoms with Gasteiger partial charge in [-0.15, -0.1) is 0 Å². The highest BCUT2D eigenvalue weighted by atomic mass is 19.1. The molecule has 10 heteroatoms. The number of nitrogens with two attached hydrogens (primary N) is 1. The van der Waals surface area contributed by atoms with Crippen LogP contribution in [0.4, 0.5) is 4.39 Å². The summed E-state index contributed by atoms with van der Waals surface area (Å²) in [6.07, 6.45) is 3.00. The van der Waals surface area contributed by atoms with E-state index in [1.54, 1.807) is 35.9 Å². The molecule has 0 aliphatic carbocycles. The number of halogens is 1. The largest absolute Gasteiger partial charge is 0.363 e. The first-order chi connectivity index (χ1) is 15.3. The van der Waals surface area contributed by atoms with Gasteiger partial charge >= 0.3 is 0 Å². The summed E-state index contributed by atoms with van der Waals surface area (Å²) in [6, 6.07) is 11.9. The van der Waals surface area contributed by atoms with Gasteiger partial charge in [0.25, 0.3) is 11.8 Å². The fourth-order valence-electron chi connectivity index (χ4n) is 3.44. The van der Waals surface area contributed by atoms with Gasteiger partial charge in [0, 0.05) is 25.7 Å². The van der Waals surface area contributed by atoms with E-state index >= 15 is 0 Å². The molecular weight excluding hydrogens is 415 g/mol. The SMILES string of the molecule is Cn1cc(C(=O)NC(Cc2ccccc2)C(=O)C(N)=O)c(-n2cnc3cc(F)ccc32)n1. The van der Waals surface area contributed by atoms with E-state index in [2.05, 4.69) is 15.4 Å². The quantitative estimate of drug-likeness (QED) is 0.424. The van der Waals surface area contributed by atoms with Crippen molar-refractivity contribution >= 4 is 28.6 Å². The molecule has 4 aromatic rings. The number of nitrogens with zero attached hydrogens (tertiary/aromatic N) is 4. The average Bonchev–Trinajstić information content (AvgIpc) is 3.36. The van der Waals surface area contributed by atoms with Gasteiger partial charge in [0.15, 0.2) is 5.82 Å². The number of carbonyl (C=O) groups excluding carboxylic acids is 3. The molecule has 9 nitrogen and oxygen atoms in total. The Labute approximate surface area is 181 Å². The zero-order valence-corrected chi connectivity index (χ0v) is 17.0. The fraction of sp³-hybridized carbons (Fsp3) is 0.136. The van der Waals surface area contributed by atoms with Crippen molar-refractivity contribution in [3.05, 3.63) is 78.0 Å². The molecule has 162 valence electrons. The van der Waals surface area contributed by atoms with Crippen molar-refractivity contribution in [1.29, 1.82) is 0 Å². The Kier molecular flexibility index (Phi) is 5.50. The summed E-state index contributed by atoms with van der Waals surface area (Å²) in [6.45, 7) is 0. The smallest absolute Gasteiger partial charge is 0.287 e. The number of benzene rings is 2. The first-order valence-corrected chi connectivity index (χ1v) is 9.68. The molecule has 0 fully saturated rings. The van der Waals surface area contributed by atoms with Gasteiger partial charge in [-0.2, -0.15) is 5.10 Å². The predicted molar refractivity (Wildman–Crippen MR) is 113 cm³/mol. The maximum absolute atomic E-state index is 13.5. The number of imidazole rings is 1. The molecule has 0 spiro atoms. The minimum atomic E-state index is -1.15. The Morgan fingerprint density at radius 1 is 1.16 bits per heavy atom. The number of rotatable bonds is 7. The molecule has 0 aliphatic rings. The average molecular weight is 434 g/mol. The Morgan fingerprint density at radius 2 is 1.91 bits per heavy atom. The number of hydrogen-bond donors (Lipinski definition) is 2. The van der Waals surface area contributed by atoms with Gasteiger partial charge in [-0.05, 0) is 17.7 Å². The lowest BCUT2D eigenvalue weighted by Crippen LogP contribution is -2.47. The Balaban J connectivity index is 1.67. The number of primary amides is 1. The van der Waals surface area contributed by atoms with Crippen molar-refractivity contribution in [3.8, 4) is 5.82 Å². The second-order valence-corrected chi connectivity index (χ2v) is 7.23. The van der Waals surface area contributed by atoms with Crippen molar-refractivity contribution in [3.63, 3.8) is 0 Å². The number of fused-ring (bicyclic) bond motifs is 1. The fourth-order valence-corrected chi connectivity index (χ4v) is 3.44. The van der Waals surface area contributed by atoms with Crippen molar-refractivity contribution in [2.75, 3.05) is 0 Å². The van der Waals surface area contributed by atoms with Crippen LogP contribution >= 0.6 is 0 Å². The van der Waals surface area contributed by atoms with E-state index in [0.717, 1.165) is 5.56 Å². The second-order valence-electron chi connectivity index (χ2n) is 7.23. The Bertz CT molecular complexity index is 1330. The third-order valence-electron chi connectivity index (χ3n) is 4.94. The maximum Gasteiger partial charge on any atom is 0.287 e. The molecule has 2 heterocycles. The number of hydrogen-bond acceptors (Lipinski definition) is 5. The molecule has 0 saturated carbocycles. The van der Waals surface area contributed by atoms with E-state index in [-0.39, 0.29) is 17.8 Å². The van der Waals surface area contributed by atoms with Gasteiger partial charge in [-0.1, -0.05) is 30.3 Å². The second kappa shape index (κ2) is 8.42. The van der Waals surface area contributed by atoms with Crippen LogP contribution in [0.1, 0.15) is 15.9 Å². The lowest BCUT2D eigenvalue weighted by atomic mass is 10.0. The summed E-state index contributed by atoms with van der Waals surface area (Å²) in [7, 11) is 1.63. The van der Waals surface area contributed by atoms with Gasteiger partial charge in [0.1, 0.15) is 23.7 Å². The molecule has 2 aromatic carbocycles. The monoisotopic (exact) mass is 434 g/mol. The molecule has 0 radical (unpaired) electrons. The molecule has 2 aromatic heterocycles. The van der Waals surface area contributed by atoms with Crippen LogP contribution in [0.25, 0.3) is 16.9 Å². The van der Waals surface area contributed by atoms with Crippen molar-refractivity contribution in [2.24, 2.45) is 12.8 Å². The summed E-state index contributed by atoms with van der Waals surface area (Å²) < 4.78 is 16.5. The van der Waals surface area contributed by atoms with Crippen LogP contribution in [-0.4, -0.2) is 43.0 Å². The summed E-state index contributed by atoms with van der Waals surface area (Å²) in [4.78, 5) is 41.2. The van der Waals surface area contributed by atoms with Crippen LogP contribution in [-0.2, 0) is 23.1 Å². The summed E-state index contributed by atoms with van der Waals surface area (Å²) >= 11 is 0. The molecule has 0 bridgehead atoms. The molecule has 1 unspecified atom stereocenters. The predicted octanol–water partition coefficient (Wildman–Crippen LogP) is 1.29. The number of ketones is 1. The highest BCUT2D eigenvalue weighted by molar-refractivity contribution is 6.38. The zero-order chi connectivity index (χ0) is 22.8. The minimum Gasteiger partial charge on any atom is -0.363 e. The van der Waals surface area contributed by atoms with E-state index in [1.807, 2.05) is 6.07 Å². The number of carbonyl (C=O) groups is 3. The lowest BCUT2D eigenvalue weighted by molar-refractivity contribution is -0.137. The number of aryl methyl sites for hydroxylation is 1. The normalized spacial score (nSPS) is 11.9. The van der Waals surface area contributed by atoms with E-state index in [9.17, 15) is 18.8 Å². The molecule has 4 rings (SSSR count). The van der Waals surface area contributed by atoms with Crippen LogP contribution in [0.5, 0.6) is 0 Å². The first-order valence-electron chi connectivity index (χ1n) is 9.68. The molecule has 2 amide bonds. The highest BCUT2D eigenvalue weighted by Crippen LogP contribution is 2.21. The third kappa shape index (κ3) is 4.10. The van der Waals surface area contributed by atoms with Gasteiger partial charge in [0.05, 0.1) is 11.0 Å². The van der Waals surface area contributed by atoms with Crippen LogP contribution in [0.15, 0.2) is 61.1 Å². The van der Waals surface area contributed by atoms with Gasteiger partial charge in [-0.3, -0.25) is 23.6 Å².